The van der Waals surface area contributed by atoms with Crippen molar-refractivity contribution in [2.75, 3.05) is 0 Å². The van der Waals surface area contributed by atoms with Crippen LogP contribution in [0.3, 0.4) is 0 Å². The van der Waals surface area contributed by atoms with Gasteiger partial charge < -0.3 is 9.67 Å². The fourth-order valence-corrected chi connectivity index (χ4v) is 5.42. The minimum atomic E-state index is 0. The minimum Gasteiger partial charge on any atom is -0.506 e. The van der Waals surface area contributed by atoms with Crippen molar-refractivity contribution < 1.29 is 26.2 Å². The minimum absolute atomic E-state index is 0. The van der Waals surface area contributed by atoms with E-state index < -0.39 is 0 Å². The Kier molecular flexibility index (Phi) is 8.79. The molecule has 0 aliphatic carbocycles. The van der Waals surface area contributed by atoms with E-state index in [4.69, 9.17) is 15.1 Å². The first kappa shape index (κ1) is 30.2. The molecule has 1 N–H and O–H groups in total. The average molecular weight is 748 g/mol. The van der Waals surface area contributed by atoms with Gasteiger partial charge in [0.25, 0.3) is 0 Å². The van der Waals surface area contributed by atoms with E-state index in [1.807, 2.05) is 49.6 Å². The molecule has 6 nitrogen and oxygen atoms in total. The molecule has 0 radical (unpaired) electrons. The summed E-state index contributed by atoms with van der Waals surface area (Å²) in [5, 5.41) is 15.1. The predicted octanol–water partition coefficient (Wildman–Crippen LogP) is 8.51. The summed E-state index contributed by atoms with van der Waals surface area (Å²) in [4.78, 5) is 9.51. The summed E-state index contributed by atoms with van der Waals surface area (Å²) in [6.45, 7) is 10.9. The number of nitrogens with zero attached hydrogens (tertiary/aromatic N) is 5. The summed E-state index contributed by atoms with van der Waals surface area (Å²) in [6.07, 6.45) is 3.89. The molecule has 2 heterocycles. The van der Waals surface area contributed by atoms with Crippen LogP contribution < -0.4 is 0 Å². The van der Waals surface area contributed by atoms with Crippen LogP contribution in [0.25, 0.3) is 45.3 Å². The zero-order chi connectivity index (χ0) is 29.4. The molecular weight excluding hydrogens is 714 g/mol. The van der Waals surface area contributed by atoms with E-state index in [0.29, 0.717) is 29.2 Å². The van der Waals surface area contributed by atoms with E-state index in [2.05, 4.69) is 80.8 Å². The zero-order valence-corrected chi connectivity index (χ0v) is 27.2. The maximum absolute atomic E-state index is 10.4. The van der Waals surface area contributed by atoms with Gasteiger partial charge in [0.2, 0.25) is 0 Å². The van der Waals surface area contributed by atoms with E-state index in [-0.39, 0.29) is 26.8 Å². The van der Waals surface area contributed by atoms with E-state index >= 15 is 0 Å². The van der Waals surface area contributed by atoms with Crippen molar-refractivity contribution in [3.05, 3.63) is 120 Å². The first-order valence-corrected chi connectivity index (χ1v) is 14.3. The van der Waals surface area contributed by atoms with Crippen LogP contribution in [0.4, 0.5) is 0 Å². The Hall–Kier alpha value is -4.28. The summed E-state index contributed by atoms with van der Waals surface area (Å²) < 4.78 is 3.86. The van der Waals surface area contributed by atoms with Gasteiger partial charge in [-0.25, -0.2) is 4.68 Å². The molecule has 0 aliphatic heterocycles. The van der Waals surface area contributed by atoms with Gasteiger partial charge in [-0.1, -0.05) is 81.3 Å². The van der Waals surface area contributed by atoms with Crippen molar-refractivity contribution in [2.45, 2.75) is 46.5 Å². The van der Waals surface area contributed by atoms with E-state index in [1.54, 1.807) is 16.8 Å². The van der Waals surface area contributed by atoms with Crippen LogP contribution >= 0.6 is 0 Å². The molecule has 43 heavy (non-hydrogen) atoms. The fraction of sp³-hybridized carbons (Fsp3) is 0.194. The number of hydrogen-bond donors (Lipinski definition) is 1. The number of aromatic nitrogens is 5. The Morgan fingerprint density at radius 3 is 2.09 bits per heavy atom. The van der Waals surface area contributed by atoms with Crippen LogP contribution in [0.15, 0.2) is 97.3 Å². The van der Waals surface area contributed by atoms with Gasteiger partial charge in [-0.3, -0.25) is 9.97 Å². The molecule has 0 spiro atoms. The number of rotatable bonds is 7. The molecule has 0 unspecified atom stereocenters. The molecule has 7 heteroatoms. The Bertz CT molecular complexity index is 1840. The van der Waals surface area contributed by atoms with Crippen LogP contribution in [0.1, 0.15) is 56.5 Å². The SMILES string of the molecule is Cc1nc(-c2[c-]c(-c3nccn3-c3c(C(C)C)cc(-c4ccccc4)cc3C(C)C)ccc2)nn1-c1ccccc1O.[Pt]. The second-order valence-corrected chi connectivity index (χ2v) is 11.2. The van der Waals surface area contributed by atoms with Crippen LogP contribution in [0.5, 0.6) is 5.75 Å². The van der Waals surface area contributed by atoms with Gasteiger partial charge in [-0.15, -0.1) is 24.3 Å². The summed E-state index contributed by atoms with van der Waals surface area (Å²) in [5.74, 6) is 2.78. The normalized spacial score (nSPS) is 11.2. The Labute approximate surface area is 267 Å². The molecule has 6 rings (SSSR count). The van der Waals surface area contributed by atoms with Crippen LogP contribution in [0.2, 0.25) is 0 Å². The van der Waals surface area contributed by atoms with Gasteiger partial charge in [0, 0.05) is 39.1 Å². The molecule has 0 aliphatic rings. The number of para-hydroxylation sites is 2. The third kappa shape index (κ3) is 5.85. The Balaban J connectivity index is 0.00000368. The van der Waals surface area contributed by atoms with Crippen LogP contribution in [0, 0.1) is 13.0 Å². The van der Waals surface area contributed by atoms with Crippen LogP contribution in [-0.2, 0) is 21.1 Å². The molecule has 220 valence electrons. The molecule has 0 bridgehead atoms. The average Bonchev–Trinajstić information content (AvgIpc) is 3.64. The van der Waals surface area contributed by atoms with Crippen molar-refractivity contribution in [3.63, 3.8) is 0 Å². The topological polar surface area (TPSA) is 68.8 Å². The van der Waals surface area contributed by atoms with Crippen molar-refractivity contribution in [1.29, 1.82) is 0 Å². The number of hydrogen-bond acceptors (Lipinski definition) is 4. The third-order valence-corrected chi connectivity index (χ3v) is 7.56. The summed E-state index contributed by atoms with van der Waals surface area (Å²) in [6, 6.07) is 31.8. The Morgan fingerprint density at radius 1 is 0.767 bits per heavy atom. The van der Waals surface area contributed by atoms with E-state index in [1.165, 1.54) is 27.9 Å². The van der Waals surface area contributed by atoms with Crippen molar-refractivity contribution >= 4 is 0 Å². The van der Waals surface area contributed by atoms with Gasteiger partial charge in [0.05, 0.1) is 5.82 Å². The standard InChI is InChI=1S/C36H34N5O.Pt/c1-23(2)30-21-29(26-12-7-6-8-13-26)22-31(24(3)4)34(30)40-19-18-37-36(40)28-15-11-14-27(20-28)35-38-25(5)41(39-35)32-16-9-10-17-33(32)42;/h6-19,21-24,42H,1-5H3;/q-1;. The number of phenolic OH excluding ortho intramolecular Hbond substituents is 1. The summed E-state index contributed by atoms with van der Waals surface area (Å²) in [5.41, 5.74) is 8.35. The summed E-state index contributed by atoms with van der Waals surface area (Å²) in [7, 11) is 0. The van der Waals surface area contributed by atoms with Gasteiger partial charge in [0.15, 0.2) is 0 Å². The van der Waals surface area contributed by atoms with Crippen molar-refractivity contribution in [2.24, 2.45) is 0 Å². The molecule has 0 amide bonds. The molecule has 0 atom stereocenters. The first-order valence-electron chi connectivity index (χ1n) is 14.3. The van der Waals surface area contributed by atoms with Crippen molar-refractivity contribution in [1.82, 2.24) is 24.3 Å². The monoisotopic (exact) mass is 747 g/mol. The van der Waals surface area contributed by atoms with E-state index in [9.17, 15) is 5.11 Å². The molecule has 2 aromatic heterocycles. The largest absolute Gasteiger partial charge is 0.506 e. The smallest absolute Gasteiger partial charge is 0.141 e. The predicted molar refractivity (Wildman–Crippen MR) is 168 cm³/mol. The van der Waals surface area contributed by atoms with Gasteiger partial charge >= 0.3 is 0 Å². The summed E-state index contributed by atoms with van der Waals surface area (Å²) >= 11 is 0. The quantitative estimate of drug-likeness (QED) is 0.167. The maximum atomic E-state index is 10.4. The fourth-order valence-electron chi connectivity index (χ4n) is 5.42. The van der Waals surface area contributed by atoms with Crippen LogP contribution in [-0.4, -0.2) is 29.4 Å². The molecule has 4 aromatic carbocycles. The molecule has 6 aromatic rings. The second kappa shape index (κ2) is 12.5. The number of phenols is 1. The number of aromatic hydroxyl groups is 1. The number of benzene rings is 4. The number of aryl methyl sites for hydroxylation is 1. The number of imidazole rings is 1. The maximum Gasteiger partial charge on any atom is 0.141 e. The first-order chi connectivity index (χ1) is 20.3. The second-order valence-electron chi connectivity index (χ2n) is 11.2. The van der Waals surface area contributed by atoms with Gasteiger partial charge in [-0.05, 0) is 65.3 Å². The van der Waals surface area contributed by atoms with Crippen molar-refractivity contribution in [3.8, 4) is 51.0 Å². The molecular formula is C36H34N5OPt-. The van der Waals surface area contributed by atoms with Gasteiger partial charge in [0.1, 0.15) is 23.1 Å². The van der Waals surface area contributed by atoms with Gasteiger partial charge in [-0.2, -0.15) is 5.10 Å². The molecule has 0 fully saturated rings. The molecule has 0 saturated heterocycles. The zero-order valence-electron chi connectivity index (χ0n) is 24.9. The van der Waals surface area contributed by atoms with E-state index in [0.717, 1.165) is 17.0 Å². The molecule has 0 saturated carbocycles. The Morgan fingerprint density at radius 2 is 1.42 bits per heavy atom. The third-order valence-electron chi connectivity index (χ3n) is 7.56.